The molecule has 0 saturated heterocycles. The van der Waals surface area contributed by atoms with Crippen molar-refractivity contribution in [3.63, 3.8) is 0 Å². The number of ether oxygens (including phenoxy) is 1. The quantitative estimate of drug-likeness (QED) is 0.355. The van der Waals surface area contributed by atoms with Crippen molar-refractivity contribution >= 4 is 5.97 Å². The average molecular weight is 156 g/mol. The number of hydrogen-bond donors (Lipinski definition) is 0. The lowest BCUT2D eigenvalue weighted by atomic mass is 10.2. The Bertz CT molecular complexity index is 148. The molecule has 0 aromatic carbocycles. The number of hydrogen-bond acceptors (Lipinski definition) is 2. The van der Waals surface area contributed by atoms with Crippen LogP contribution >= 0.6 is 0 Å². The normalized spacial score (nSPS) is 11.4. The van der Waals surface area contributed by atoms with Crippen molar-refractivity contribution in [2.75, 3.05) is 0 Å². The molecule has 0 atom stereocenters. The van der Waals surface area contributed by atoms with Crippen molar-refractivity contribution < 1.29 is 9.53 Å². The second-order valence-electron chi connectivity index (χ2n) is 2.55. The summed E-state index contributed by atoms with van der Waals surface area (Å²) in [6.45, 7) is 5.35. The van der Waals surface area contributed by atoms with E-state index >= 15 is 0 Å². The maximum absolute atomic E-state index is 10.4. The zero-order valence-corrected chi connectivity index (χ0v) is 7.52. The molecule has 0 heterocycles. The highest BCUT2D eigenvalue weighted by molar-refractivity contribution is 5.67. The molecule has 0 aliphatic rings. The first kappa shape index (κ1) is 10.2. The molecule has 0 radical (unpaired) electrons. The van der Waals surface area contributed by atoms with E-state index in [0.29, 0.717) is 5.76 Å². The highest BCUT2D eigenvalue weighted by Crippen LogP contribution is 2.01. The Morgan fingerprint density at radius 3 is 2.55 bits per heavy atom. The monoisotopic (exact) mass is 156 g/mol. The Balaban J connectivity index is 3.54. The number of unbranched alkanes of at least 4 members (excludes halogenated alkanes) is 2. The van der Waals surface area contributed by atoms with Gasteiger partial charge in [-0.25, -0.2) is 0 Å². The van der Waals surface area contributed by atoms with Crippen molar-refractivity contribution in [1.29, 1.82) is 0 Å². The molecule has 0 amide bonds. The molecule has 0 aliphatic carbocycles. The van der Waals surface area contributed by atoms with Crippen LogP contribution < -0.4 is 0 Å². The molecular weight excluding hydrogens is 140 g/mol. The summed E-state index contributed by atoms with van der Waals surface area (Å²) in [6.07, 6.45) is 5.27. The lowest BCUT2D eigenvalue weighted by Gasteiger charge is -1.99. The van der Waals surface area contributed by atoms with Crippen LogP contribution in [0.1, 0.15) is 40.0 Å². The molecule has 0 rings (SSSR count). The summed E-state index contributed by atoms with van der Waals surface area (Å²) in [5, 5.41) is 0. The van der Waals surface area contributed by atoms with E-state index in [9.17, 15) is 4.79 Å². The van der Waals surface area contributed by atoms with Gasteiger partial charge in [0.25, 0.3) is 0 Å². The molecule has 0 unspecified atom stereocenters. The minimum atomic E-state index is -0.241. The third-order valence-electron chi connectivity index (χ3n) is 1.29. The van der Waals surface area contributed by atoms with E-state index in [2.05, 4.69) is 6.92 Å². The lowest BCUT2D eigenvalue weighted by Crippen LogP contribution is -1.95. The summed E-state index contributed by atoms with van der Waals surface area (Å²) in [5.41, 5.74) is 0. The minimum Gasteiger partial charge on any atom is -0.432 e. The first-order valence-electron chi connectivity index (χ1n) is 4.02. The van der Waals surface area contributed by atoms with Crippen LogP contribution in [-0.4, -0.2) is 5.97 Å². The van der Waals surface area contributed by atoms with E-state index < -0.39 is 0 Å². The van der Waals surface area contributed by atoms with Gasteiger partial charge in [0.15, 0.2) is 0 Å². The van der Waals surface area contributed by atoms with E-state index in [-0.39, 0.29) is 5.97 Å². The van der Waals surface area contributed by atoms with Crippen LogP contribution in [0.15, 0.2) is 11.8 Å². The van der Waals surface area contributed by atoms with Crippen molar-refractivity contribution in [1.82, 2.24) is 0 Å². The number of rotatable bonds is 4. The van der Waals surface area contributed by atoms with E-state index in [1.165, 1.54) is 13.3 Å². The van der Waals surface area contributed by atoms with Gasteiger partial charge in [0.2, 0.25) is 0 Å². The smallest absolute Gasteiger partial charge is 0.307 e. The molecule has 0 saturated carbocycles. The van der Waals surface area contributed by atoms with Gasteiger partial charge in [-0.15, -0.1) is 0 Å². The third kappa shape index (κ3) is 7.10. The second-order valence-corrected chi connectivity index (χ2v) is 2.55. The van der Waals surface area contributed by atoms with Gasteiger partial charge in [-0.1, -0.05) is 13.3 Å². The van der Waals surface area contributed by atoms with Crippen LogP contribution in [0.2, 0.25) is 0 Å². The fourth-order valence-corrected chi connectivity index (χ4v) is 0.778. The predicted octanol–water partition coefficient (Wildman–Crippen LogP) is 2.64. The van der Waals surface area contributed by atoms with Crippen molar-refractivity contribution in [2.45, 2.75) is 40.0 Å². The highest BCUT2D eigenvalue weighted by Gasteiger charge is 1.93. The Morgan fingerprint density at radius 1 is 1.45 bits per heavy atom. The van der Waals surface area contributed by atoms with Crippen molar-refractivity contribution in [2.24, 2.45) is 0 Å². The summed E-state index contributed by atoms with van der Waals surface area (Å²) >= 11 is 0. The highest BCUT2D eigenvalue weighted by atomic mass is 16.5. The van der Waals surface area contributed by atoms with Gasteiger partial charge in [0, 0.05) is 6.92 Å². The van der Waals surface area contributed by atoms with E-state index in [0.717, 1.165) is 12.8 Å². The maximum atomic E-state index is 10.4. The van der Waals surface area contributed by atoms with Gasteiger partial charge in [0.1, 0.15) is 5.76 Å². The molecule has 2 heteroatoms. The van der Waals surface area contributed by atoms with Gasteiger partial charge < -0.3 is 4.74 Å². The number of carbonyl (C=O) groups is 1. The van der Waals surface area contributed by atoms with E-state index in [1.54, 1.807) is 6.92 Å². The molecule has 2 nitrogen and oxygen atoms in total. The second kappa shape index (κ2) is 5.96. The summed E-state index contributed by atoms with van der Waals surface area (Å²) in [4.78, 5) is 10.4. The standard InChI is InChI=1S/C9H16O2/c1-4-5-6-7-8(2)11-9(3)10/h7H,4-6H2,1-3H3/b8-7-. The van der Waals surface area contributed by atoms with Crippen LogP contribution in [0.3, 0.4) is 0 Å². The maximum Gasteiger partial charge on any atom is 0.307 e. The van der Waals surface area contributed by atoms with Crippen LogP contribution in [0, 0.1) is 0 Å². The van der Waals surface area contributed by atoms with Gasteiger partial charge in [-0.05, 0) is 25.8 Å². The largest absolute Gasteiger partial charge is 0.432 e. The van der Waals surface area contributed by atoms with Crippen molar-refractivity contribution in [3.8, 4) is 0 Å². The predicted molar refractivity (Wildman–Crippen MR) is 45.0 cm³/mol. The molecule has 0 fully saturated rings. The Hall–Kier alpha value is -0.790. The summed E-state index contributed by atoms with van der Waals surface area (Å²) < 4.78 is 4.82. The molecule has 11 heavy (non-hydrogen) atoms. The fourth-order valence-electron chi connectivity index (χ4n) is 0.778. The summed E-state index contributed by atoms with van der Waals surface area (Å²) in [7, 11) is 0. The Labute approximate surface area is 68.2 Å². The third-order valence-corrected chi connectivity index (χ3v) is 1.29. The number of allylic oxidation sites excluding steroid dienone is 2. The molecule has 64 valence electrons. The number of esters is 1. The molecule has 0 aromatic rings. The number of carbonyl (C=O) groups excluding carboxylic acids is 1. The van der Waals surface area contributed by atoms with Crippen LogP contribution in [0.5, 0.6) is 0 Å². The molecule has 0 aliphatic heterocycles. The molecular formula is C9H16O2. The SMILES string of the molecule is CCCC/C=C(/C)OC(C)=O. The first-order valence-corrected chi connectivity index (χ1v) is 4.02. The zero-order valence-electron chi connectivity index (χ0n) is 7.52. The van der Waals surface area contributed by atoms with E-state index in [4.69, 9.17) is 4.74 Å². The zero-order chi connectivity index (χ0) is 8.69. The van der Waals surface area contributed by atoms with Gasteiger partial charge in [0.05, 0.1) is 0 Å². The summed E-state index contributed by atoms with van der Waals surface area (Å²) in [6, 6.07) is 0. The summed E-state index contributed by atoms with van der Waals surface area (Å²) in [5.74, 6) is 0.473. The fraction of sp³-hybridized carbons (Fsp3) is 0.667. The molecule has 0 N–H and O–H groups in total. The lowest BCUT2D eigenvalue weighted by molar-refractivity contribution is -0.136. The van der Waals surface area contributed by atoms with Crippen molar-refractivity contribution in [3.05, 3.63) is 11.8 Å². The minimum absolute atomic E-state index is 0.241. The van der Waals surface area contributed by atoms with Crippen LogP contribution in [0.25, 0.3) is 0 Å². The van der Waals surface area contributed by atoms with Gasteiger partial charge >= 0.3 is 5.97 Å². The molecule has 0 aromatic heterocycles. The Kier molecular flexibility index (Phi) is 5.53. The van der Waals surface area contributed by atoms with Crippen LogP contribution in [-0.2, 0) is 9.53 Å². The molecule has 0 spiro atoms. The van der Waals surface area contributed by atoms with Gasteiger partial charge in [-0.2, -0.15) is 0 Å². The van der Waals surface area contributed by atoms with Gasteiger partial charge in [-0.3, -0.25) is 4.79 Å². The van der Waals surface area contributed by atoms with Crippen LogP contribution in [0.4, 0.5) is 0 Å². The Morgan fingerprint density at radius 2 is 2.09 bits per heavy atom. The molecule has 0 bridgehead atoms. The topological polar surface area (TPSA) is 26.3 Å². The average Bonchev–Trinajstić information content (AvgIpc) is 1.86. The van der Waals surface area contributed by atoms with E-state index in [1.807, 2.05) is 6.08 Å². The first-order chi connectivity index (χ1) is 5.16.